The van der Waals surface area contributed by atoms with Gasteiger partial charge in [-0.3, -0.25) is 0 Å². The van der Waals surface area contributed by atoms with Crippen LogP contribution in [0.15, 0.2) is 11.8 Å². The lowest BCUT2D eigenvalue weighted by atomic mass is 10.1. The standard InChI is InChI=1S/C15H28O3/c1-4-5-6-7-8-9-10-11-13(2)12-18-14(3)15(16)17/h12,14H,4-11H2,1-3H3,(H,16,17). The highest BCUT2D eigenvalue weighted by Gasteiger charge is 2.09. The summed E-state index contributed by atoms with van der Waals surface area (Å²) in [6.07, 6.45) is 10.9. The zero-order valence-corrected chi connectivity index (χ0v) is 12.1. The molecule has 0 saturated carbocycles. The molecule has 0 aromatic carbocycles. The van der Waals surface area contributed by atoms with Gasteiger partial charge in [0.05, 0.1) is 6.26 Å². The van der Waals surface area contributed by atoms with Crippen molar-refractivity contribution in [2.45, 2.75) is 78.2 Å². The fourth-order valence-corrected chi connectivity index (χ4v) is 1.70. The van der Waals surface area contributed by atoms with Crippen molar-refractivity contribution in [1.82, 2.24) is 0 Å². The van der Waals surface area contributed by atoms with Gasteiger partial charge < -0.3 is 9.84 Å². The molecule has 1 unspecified atom stereocenters. The Balaban J connectivity index is 3.49. The van der Waals surface area contributed by atoms with Gasteiger partial charge in [0.1, 0.15) is 0 Å². The summed E-state index contributed by atoms with van der Waals surface area (Å²) in [7, 11) is 0. The molecule has 0 bridgehead atoms. The Morgan fingerprint density at radius 2 is 1.72 bits per heavy atom. The molecule has 0 fully saturated rings. The average molecular weight is 256 g/mol. The molecule has 0 aromatic rings. The Kier molecular flexibility index (Phi) is 10.5. The molecule has 0 rings (SSSR count). The van der Waals surface area contributed by atoms with Crippen molar-refractivity contribution in [2.75, 3.05) is 0 Å². The van der Waals surface area contributed by atoms with E-state index < -0.39 is 12.1 Å². The number of ether oxygens (including phenoxy) is 1. The Morgan fingerprint density at radius 1 is 1.17 bits per heavy atom. The van der Waals surface area contributed by atoms with Crippen LogP contribution in [0.25, 0.3) is 0 Å². The lowest BCUT2D eigenvalue weighted by Crippen LogP contribution is -2.17. The first kappa shape index (κ1) is 17.0. The minimum absolute atomic E-state index is 0.756. The maximum atomic E-state index is 10.5. The molecule has 0 aliphatic heterocycles. The van der Waals surface area contributed by atoms with Crippen molar-refractivity contribution in [3.8, 4) is 0 Å². The SMILES string of the molecule is CCCCCCCCCC(C)=COC(C)C(=O)O. The van der Waals surface area contributed by atoms with Gasteiger partial charge >= 0.3 is 5.97 Å². The lowest BCUT2D eigenvalue weighted by Gasteiger charge is -2.07. The van der Waals surface area contributed by atoms with Gasteiger partial charge in [-0.15, -0.1) is 0 Å². The van der Waals surface area contributed by atoms with Crippen molar-refractivity contribution in [3.63, 3.8) is 0 Å². The number of carboxylic acids is 1. The summed E-state index contributed by atoms with van der Waals surface area (Å²) in [6, 6.07) is 0. The van der Waals surface area contributed by atoms with E-state index in [1.54, 1.807) is 13.2 Å². The molecule has 0 radical (unpaired) electrons. The Hall–Kier alpha value is -0.990. The monoisotopic (exact) mass is 256 g/mol. The highest BCUT2D eigenvalue weighted by atomic mass is 16.5. The number of allylic oxidation sites excluding steroid dienone is 1. The van der Waals surface area contributed by atoms with Crippen LogP contribution < -0.4 is 0 Å². The maximum Gasteiger partial charge on any atom is 0.344 e. The molecular formula is C15H28O3. The first-order valence-corrected chi connectivity index (χ1v) is 7.11. The third-order valence-corrected chi connectivity index (χ3v) is 3.00. The van der Waals surface area contributed by atoms with Crippen LogP contribution in [0, 0.1) is 0 Å². The maximum absolute atomic E-state index is 10.5. The molecule has 1 atom stereocenters. The third-order valence-electron chi connectivity index (χ3n) is 3.00. The second-order valence-corrected chi connectivity index (χ2v) is 4.95. The van der Waals surface area contributed by atoms with E-state index >= 15 is 0 Å². The van der Waals surface area contributed by atoms with Gasteiger partial charge in [-0.05, 0) is 32.3 Å². The molecule has 106 valence electrons. The van der Waals surface area contributed by atoms with E-state index in [2.05, 4.69) is 6.92 Å². The van der Waals surface area contributed by atoms with Crippen LogP contribution >= 0.6 is 0 Å². The molecule has 0 aliphatic carbocycles. The molecule has 0 heterocycles. The number of carboxylic acid groups (broad SMARTS) is 1. The first-order valence-electron chi connectivity index (χ1n) is 7.11. The highest BCUT2D eigenvalue weighted by Crippen LogP contribution is 2.12. The van der Waals surface area contributed by atoms with Crippen molar-refractivity contribution in [1.29, 1.82) is 0 Å². The van der Waals surface area contributed by atoms with Gasteiger partial charge in [-0.2, -0.15) is 0 Å². The van der Waals surface area contributed by atoms with Gasteiger partial charge in [0.2, 0.25) is 0 Å². The predicted octanol–water partition coefficient (Wildman–Crippen LogP) is 4.52. The highest BCUT2D eigenvalue weighted by molar-refractivity contribution is 5.71. The van der Waals surface area contributed by atoms with E-state index in [1.807, 2.05) is 6.92 Å². The summed E-state index contributed by atoms with van der Waals surface area (Å²) in [5.74, 6) is -0.921. The van der Waals surface area contributed by atoms with E-state index in [1.165, 1.54) is 44.9 Å². The zero-order chi connectivity index (χ0) is 13.8. The van der Waals surface area contributed by atoms with Gasteiger partial charge in [0.15, 0.2) is 6.10 Å². The Morgan fingerprint density at radius 3 is 2.28 bits per heavy atom. The van der Waals surface area contributed by atoms with E-state index in [9.17, 15) is 4.79 Å². The van der Waals surface area contributed by atoms with E-state index in [4.69, 9.17) is 9.84 Å². The number of hydrogen-bond acceptors (Lipinski definition) is 2. The molecule has 1 N–H and O–H groups in total. The number of aliphatic carboxylic acids is 1. The number of rotatable bonds is 11. The normalized spacial score (nSPS) is 13.4. The quantitative estimate of drug-likeness (QED) is 0.436. The fraction of sp³-hybridized carbons (Fsp3) is 0.800. The molecule has 0 amide bonds. The van der Waals surface area contributed by atoms with Crippen LogP contribution in [0.1, 0.15) is 72.1 Å². The van der Waals surface area contributed by atoms with E-state index in [-0.39, 0.29) is 0 Å². The molecule has 3 heteroatoms. The number of hydrogen-bond donors (Lipinski definition) is 1. The third kappa shape index (κ3) is 10.2. The fourth-order valence-electron chi connectivity index (χ4n) is 1.70. The van der Waals surface area contributed by atoms with Crippen LogP contribution in [0.5, 0.6) is 0 Å². The van der Waals surface area contributed by atoms with E-state index in [0.717, 1.165) is 12.0 Å². The predicted molar refractivity (Wildman–Crippen MR) is 74.5 cm³/mol. The second kappa shape index (κ2) is 11.1. The minimum Gasteiger partial charge on any atom is -0.487 e. The van der Waals surface area contributed by atoms with E-state index in [0.29, 0.717) is 0 Å². The summed E-state index contributed by atoms with van der Waals surface area (Å²) in [5.41, 5.74) is 1.12. The van der Waals surface area contributed by atoms with Crippen LogP contribution in [0.3, 0.4) is 0 Å². The molecular weight excluding hydrogens is 228 g/mol. The second-order valence-electron chi connectivity index (χ2n) is 4.95. The Bertz CT molecular complexity index is 246. The van der Waals surface area contributed by atoms with Gasteiger partial charge in [0.25, 0.3) is 0 Å². The molecule has 0 aromatic heterocycles. The van der Waals surface area contributed by atoms with Gasteiger partial charge in [0, 0.05) is 0 Å². The van der Waals surface area contributed by atoms with Crippen molar-refractivity contribution in [2.24, 2.45) is 0 Å². The zero-order valence-electron chi connectivity index (χ0n) is 12.1. The largest absolute Gasteiger partial charge is 0.487 e. The van der Waals surface area contributed by atoms with Crippen LogP contribution in [-0.4, -0.2) is 17.2 Å². The summed E-state index contributed by atoms with van der Waals surface area (Å²) in [6.45, 7) is 5.76. The van der Waals surface area contributed by atoms with Crippen molar-refractivity contribution in [3.05, 3.63) is 11.8 Å². The summed E-state index contributed by atoms with van der Waals surface area (Å²) in [5, 5.41) is 8.66. The summed E-state index contributed by atoms with van der Waals surface area (Å²) >= 11 is 0. The van der Waals surface area contributed by atoms with Crippen molar-refractivity contribution >= 4 is 5.97 Å². The molecule has 3 nitrogen and oxygen atoms in total. The molecule has 0 saturated heterocycles. The Labute approximate surface area is 111 Å². The van der Waals surface area contributed by atoms with Crippen molar-refractivity contribution < 1.29 is 14.6 Å². The smallest absolute Gasteiger partial charge is 0.344 e. The topological polar surface area (TPSA) is 46.5 Å². The average Bonchev–Trinajstić information content (AvgIpc) is 2.34. The summed E-state index contributed by atoms with van der Waals surface area (Å²) < 4.78 is 5.11. The van der Waals surface area contributed by atoms with Crippen LogP contribution in [0.2, 0.25) is 0 Å². The van der Waals surface area contributed by atoms with Gasteiger partial charge in [-0.1, -0.05) is 45.4 Å². The lowest BCUT2D eigenvalue weighted by molar-refractivity contribution is -0.145. The molecule has 0 spiro atoms. The molecule has 18 heavy (non-hydrogen) atoms. The number of unbranched alkanes of at least 4 members (excludes halogenated alkanes) is 6. The first-order chi connectivity index (χ1) is 8.57. The minimum atomic E-state index is -0.921. The van der Waals surface area contributed by atoms with Gasteiger partial charge in [-0.25, -0.2) is 4.79 Å². The summed E-state index contributed by atoms with van der Waals surface area (Å²) in [4.78, 5) is 10.5. The van der Waals surface area contributed by atoms with Crippen LogP contribution in [0.4, 0.5) is 0 Å². The molecule has 0 aliphatic rings. The number of carbonyl (C=O) groups is 1. The van der Waals surface area contributed by atoms with Crippen LogP contribution in [-0.2, 0) is 9.53 Å².